The molecule has 23 heavy (non-hydrogen) atoms. The molecular weight excluding hydrogens is 382 g/mol. The lowest BCUT2D eigenvalue weighted by Crippen LogP contribution is -2.31. The van der Waals surface area contributed by atoms with Crippen molar-refractivity contribution in [3.63, 3.8) is 0 Å². The third kappa shape index (κ3) is 3.67. The minimum atomic E-state index is -1.12. The Morgan fingerprint density at radius 3 is 2.43 bits per heavy atom. The molecule has 1 aliphatic heterocycles. The molecule has 1 atom stereocenters. The lowest BCUT2D eigenvalue weighted by atomic mass is 9.98. The second-order valence-corrected chi connectivity index (χ2v) is 7.30. The van der Waals surface area contributed by atoms with E-state index in [1.165, 1.54) is 16.7 Å². The summed E-state index contributed by atoms with van der Waals surface area (Å²) in [6, 6.07) is 6.81. The molecule has 0 aromatic heterocycles. The fourth-order valence-electron chi connectivity index (χ4n) is 2.46. The molecule has 0 fully saturated rings. The highest BCUT2D eigenvalue weighted by atomic mass is 79.9. The largest absolute Gasteiger partial charge is 0.481 e. The molecule has 2 rings (SSSR count). The Kier molecular flexibility index (Phi) is 5.64. The molecule has 122 valence electrons. The van der Waals surface area contributed by atoms with Gasteiger partial charge >= 0.3 is 5.97 Å². The summed E-state index contributed by atoms with van der Waals surface area (Å²) >= 11 is 4.75. The van der Waals surface area contributed by atoms with Crippen LogP contribution in [-0.2, 0) is 9.59 Å². The number of carboxylic acid groups (broad SMARTS) is 1. The summed E-state index contributed by atoms with van der Waals surface area (Å²) in [6.07, 6.45) is -0.443. The quantitative estimate of drug-likeness (QED) is 0.746. The van der Waals surface area contributed by atoms with Crippen molar-refractivity contribution in [1.82, 2.24) is 4.90 Å². The van der Waals surface area contributed by atoms with E-state index >= 15 is 0 Å². The molecule has 7 heteroatoms. The summed E-state index contributed by atoms with van der Waals surface area (Å²) < 4.78 is 0.841. The predicted octanol–water partition coefficient (Wildman–Crippen LogP) is 2.95. The van der Waals surface area contributed by atoms with Crippen LogP contribution in [-0.4, -0.2) is 45.8 Å². The van der Waals surface area contributed by atoms with Crippen molar-refractivity contribution < 1.29 is 19.5 Å². The lowest BCUT2D eigenvalue weighted by Gasteiger charge is -2.21. The summed E-state index contributed by atoms with van der Waals surface area (Å²) in [5, 5.41) is 8.63. The number of halogens is 1. The first-order valence-corrected chi connectivity index (χ1v) is 8.84. The highest BCUT2D eigenvalue weighted by Crippen LogP contribution is 2.36. The van der Waals surface area contributed by atoms with Gasteiger partial charge in [-0.05, 0) is 30.0 Å². The number of carboxylic acids is 1. The first kappa shape index (κ1) is 17.7. The summed E-state index contributed by atoms with van der Waals surface area (Å²) in [5.41, 5.74) is 0.809. The minimum absolute atomic E-state index is 0.0823. The van der Waals surface area contributed by atoms with Crippen LogP contribution in [0.3, 0.4) is 0 Å². The molecule has 1 N–H and O–H groups in total. The number of thioether (sulfide) groups is 1. The highest BCUT2D eigenvalue weighted by molar-refractivity contribution is 9.10. The van der Waals surface area contributed by atoms with E-state index in [9.17, 15) is 14.4 Å². The molecule has 1 aromatic rings. The molecule has 0 bridgehead atoms. The number of amides is 1. The van der Waals surface area contributed by atoms with Crippen molar-refractivity contribution in [3.05, 3.63) is 45.4 Å². The first-order chi connectivity index (χ1) is 10.9. The number of likely N-dealkylation sites (N-methyl/N-ethyl adjacent to an activating group) is 1. The molecule has 0 aliphatic carbocycles. The number of hydrogen-bond donors (Lipinski definition) is 1. The topological polar surface area (TPSA) is 74.7 Å². The first-order valence-electron chi connectivity index (χ1n) is 7.00. The number of rotatable bonds is 6. The zero-order chi connectivity index (χ0) is 17.1. The second-order valence-electron chi connectivity index (χ2n) is 5.02. The number of Topliss-reactive ketones (excluding diaryl/α,β-unsaturated/α-hetero) is 1. The molecule has 0 spiro atoms. The standard InChI is InChI=1S/C16H16BrNO4S/c1-3-23-16-13(11(8-12(19)20)15(22)18(16)2)14(21)9-4-6-10(17)7-5-9/h4-7,16H,3,8H2,1-2H3,(H,19,20). The van der Waals surface area contributed by atoms with Gasteiger partial charge in [-0.2, -0.15) is 0 Å². The maximum absolute atomic E-state index is 12.9. The van der Waals surface area contributed by atoms with Gasteiger partial charge in [0.25, 0.3) is 5.91 Å². The van der Waals surface area contributed by atoms with E-state index < -0.39 is 17.8 Å². The van der Waals surface area contributed by atoms with Gasteiger partial charge in [0.2, 0.25) is 0 Å². The number of nitrogens with zero attached hydrogens (tertiary/aromatic N) is 1. The minimum Gasteiger partial charge on any atom is -0.481 e. The Morgan fingerprint density at radius 2 is 1.91 bits per heavy atom. The Morgan fingerprint density at radius 1 is 1.30 bits per heavy atom. The van der Waals surface area contributed by atoms with Crippen molar-refractivity contribution in [2.75, 3.05) is 12.8 Å². The van der Waals surface area contributed by atoms with Crippen molar-refractivity contribution >= 4 is 45.4 Å². The number of benzene rings is 1. The zero-order valence-corrected chi connectivity index (χ0v) is 15.1. The van der Waals surface area contributed by atoms with Gasteiger partial charge in [-0.15, -0.1) is 11.8 Å². The molecule has 0 saturated heterocycles. The molecule has 5 nitrogen and oxygen atoms in total. The number of ketones is 1. The Balaban J connectivity index is 2.51. The maximum atomic E-state index is 12.9. The van der Waals surface area contributed by atoms with E-state index in [0.29, 0.717) is 11.3 Å². The van der Waals surface area contributed by atoms with Gasteiger partial charge in [0, 0.05) is 28.2 Å². The monoisotopic (exact) mass is 397 g/mol. The Hall–Kier alpha value is -1.60. The number of carbonyl (C=O) groups excluding carboxylic acids is 2. The van der Waals surface area contributed by atoms with Crippen LogP contribution >= 0.6 is 27.7 Å². The fourth-order valence-corrected chi connectivity index (χ4v) is 3.77. The Labute approximate surface area is 146 Å². The molecule has 0 saturated carbocycles. The molecule has 1 aliphatic rings. The van der Waals surface area contributed by atoms with Gasteiger partial charge in [0.05, 0.1) is 6.42 Å². The van der Waals surface area contributed by atoms with Gasteiger partial charge in [-0.3, -0.25) is 14.4 Å². The highest BCUT2D eigenvalue weighted by Gasteiger charge is 2.41. The number of hydrogen-bond acceptors (Lipinski definition) is 4. The van der Waals surface area contributed by atoms with Gasteiger partial charge in [0.15, 0.2) is 5.78 Å². The summed E-state index contributed by atoms with van der Waals surface area (Å²) in [5.74, 6) is -1.10. The molecular formula is C16H16BrNO4S. The van der Waals surface area contributed by atoms with Gasteiger partial charge in [-0.25, -0.2) is 0 Å². The van der Waals surface area contributed by atoms with Crippen LogP contribution in [0.2, 0.25) is 0 Å². The normalized spacial score (nSPS) is 17.8. The van der Waals surface area contributed by atoms with Gasteiger partial charge in [-0.1, -0.05) is 22.9 Å². The van der Waals surface area contributed by atoms with Crippen LogP contribution in [0.4, 0.5) is 0 Å². The summed E-state index contributed by atoms with van der Waals surface area (Å²) in [6.45, 7) is 1.93. The van der Waals surface area contributed by atoms with E-state index in [-0.39, 0.29) is 22.8 Å². The van der Waals surface area contributed by atoms with Crippen molar-refractivity contribution in [2.24, 2.45) is 0 Å². The second kappa shape index (κ2) is 7.31. The maximum Gasteiger partial charge on any atom is 0.308 e. The van der Waals surface area contributed by atoms with Crippen molar-refractivity contribution in [3.8, 4) is 0 Å². The lowest BCUT2D eigenvalue weighted by molar-refractivity contribution is -0.137. The van der Waals surface area contributed by atoms with Crippen LogP contribution in [0, 0.1) is 0 Å². The van der Waals surface area contributed by atoms with Crippen LogP contribution in [0.25, 0.3) is 0 Å². The molecule has 1 amide bonds. The van der Waals surface area contributed by atoms with Crippen LogP contribution < -0.4 is 0 Å². The fraction of sp³-hybridized carbons (Fsp3) is 0.312. The van der Waals surface area contributed by atoms with Crippen molar-refractivity contribution in [2.45, 2.75) is 18.7 Å². The molecule has 0 radical (unpaired) electrons. The third-order valence-corrected chi connectivity index (χ3v) is 5.24. The van der Waals surface area contributed by atoms with Crippen LogP contribution in [0.5, 0.6) is 0 Å². The van der Waals surface area contributed by atoms with Gasteiger partial charge in [0.1, 0.15) is 5.37 Å². The summed E-state index contributed by atoms with van der Waals surface area (Å²) in [4.78, 5) is 37.8. The van der Waals surface area contributed by atoms with Crippen LogP contribution in [0.1, 0.15) is 23.7 Å². The Bertz CT molecular complexity index is 684. The van der Waals surface area contributed by atoms with Crippen molar-refractivity contribution in [1.29, 1.82) is 0 Å². The van der Waals surface area contributed by atoms with E-state index in [0.717, 1.165) is 4.47 Å². The third-order valence-electron chi connectivity index (χ3n) is 3.51. The molecule has 1 aromatic carbocycles. The van der Waals surface area contributed by atoms with E-state index in [2.05, 4.69) is 15.9 Å². The van der Waals surface area contributed by atoms with E-state index in [4.69, 9.17) is 5.11 Å². The summed E-state index contributed by atoms with van der Waals surface area (Å²) in [7, 11) is 1.60. The zero-order valence-electron chi connectivity index (χ0n) is 12.7. The number of carbonyl (C=O) groups is 3. The average molecular weight is 398 g/mol. The van der Waals surface area contributed by atoms with Crippen LogP contribution in [0.15, 0.2) is 39.9 Å². The van der Waals surface area contributed by atoms with Gasteiger partial charge < -0.3 is 10.0 Å². The van der Waals surface area contributed by atoms with E-state index in [1.807, 2.05) is 6.92 Å². The average Bonchev–Trinajstić information content (AvgIpc) is 2.72. The SMILES string of the molecule is CCSC1C(C(=O)c2ccc(Br)cc2)=C(CC(=O)O)C(=O)N1C. The molecule has 1 unspecified atom stereocenters. The molecule has 1 heterocycles. The smallest absolute Gasteiger partial charge is 0.308 e. The number of aliphatic carboxylic acids is 1. The van der Waals surface area contributed by atoms with E-state index in [1.54, 1.807) is 31.3 Å². The predicted molar refractivity (Wildman–Crippen MR) is 92.4 cm³/mol.